The summed E-state index contributed by atoms with van der Waals surface area (Å²) in [6.45, 7) is 9.85. The summed E-state index contributed by atoms with van der Waals surface area (Å²) >= 11 is 0. The van der Waals surface area contributed by atoms with Crippen molar-refractivity contribution in [3.05, 3.63) is 35.5 Å². The molecule has 0 radical (unpaired) electrons. The quantitative estimate of drug-likeness (QED) is 0.303. The zero-order valence-electron chi connectivity index (χ0n) is 18.8. The predicted octanol–water partition coefficient (Wildman–Crippen LogP) is 3.87. The third-order valence-corrected chi connectivity index (χ3v) is 4.24. The lowest BCUT2D eigenvalue weighted by molar-refractivity contribution is 0.347. The number of hydrogen-bond donors (Lipinski definition) is 2. The Hall–Kier alpha value is -2.17. The Morgan fingerprint density at radius 1 is 1.03 bits per heavy atom. The smallest absolute Gasteiger partial charge is 0.213 e. The van der Waals surface area contributed by atoms with Crippen molar-refractivity contribution in [3.63, 3.8) is 0 Å². The molecule has 0 aliphatic heterocycles. The fraction of sp³-hybridized carbons (Fsp3) is 0.524. The molecule has 1 aromatic carbocycles. The van der Waals surface area contributed by atoms with E-state index in [1.165, 1.54) is 0 Å². The average molecular weight is 532 g/mol. The topological polar surface area (TPSA) is 90.1 Å². The van der Waals surface area contributed by atoms with Gasteiger partial charge in [-0.15, -0.1) is 24.0 Å². The van der Waals surface area contributed by atoms with E-state index in [1.807, 2.05) is 13.0 Å². The predicted molar refractivity (Wildman–Crippen MR) is 128 cm³/mol. The molecule has 168 valence electrons. The van der Waals surface area contributed by atoms with Crippen LogP contribution in [0.1, 0.15) is 44.9 Å². The Balaban J connectivity index is 0.00000450. The van der Waals surface area contributed by atoms with Crippen LogP contribution in [0.2, 0.25) is 0 Å². The lowest BCUT2D eigenvalue weighted by Gasteiger charge is -2.14. The first kappa shape index (κ1) is 25.9. The Kier molecular flexibility index (Phi) is 10.2. The van der Waals surface area contributed by atoms with E-state index >= 15 is 0 Å². The molecule has 0 saturated carbocycles. The lowest BCUT2D eigenvalue weighted by Crippen LogP contribution is -2.36. The summed E-state index contributed by atoms with van der Waals surface area (Å²) in [7, 11) is 4.81. The summed E-state index contributed by atoms with van der Waals surface area (Å²) in [6.07, 6.45) is 1.77. The Morgan fingerprint density at radius 2 is 1.67 bits per heavy atom. The van der Waals surface area contributed by atoms with Gasteiger partial charge in [0, 0.05) is 23.6 Å². The molecule has 2 aromatic rings. The first-order chi connectivity index (χ1) is 13.8. The molecule has 2 rings (SSSR count). The number of hydrogen-bond acceptors (Lipinski definition) is 6. The summed E-state index contributed by atoms with van der Waals surface area (Å²) < 4.78 is 22.0. The summed E-state index contributed by atoms with van der Waals surface area (Å²) in [5.74, 6) is 4.05. The molecule has 0 aliphatic rings. The third-order valence-electron chi connectivity index (χ3n) is 4.24. The fourth-order valence-electron chi connectivity index (χ4n) is 2.62. The van der Waals surface area contributed by atoms with Gasteiger partial charge in [-0.1, -0.05) is 20.8 Å². The second kappa shape index (κ2) is 11.9. The molecule has 0 amide bonds. The van der Waals surface area contributed by atoms with E-state index in [2.05, 4.69) is 41.4 Å². The van der Waals surface area contributed by atoms with Crippen molar-refractivity contribution in [2.45, 2.75) is 46.2 Å². The van der Waals surface area contributed by atoms with E-state index in [1.54, 1.807) is 33.6 Å². The van der Waals surface area contributed by atoms with E-state index in [0.29, 0.717) is 42.2 Å². The van der Waals surface area contributed by atoms with Crippen LogP contribution < -0.4 is 24.8 Å². The number of guanidine groups is 1. The normalized spacial score (nSPS) is 11.5. The zero-order valence-corrected chi connectivity index (χ0v) is 21.1. The molecule has 2 N–H and O–H groups in total. The number of ether oxygens (including phenoxy) is 3. The molecule has 0 aliphatic carbocycles. The number of methoxy groups -OCH3 is 3. The standard InChI is InChI=1S/C21H32N4O4.HI/c1-8-22-20(25-13-19-23-12-18(29-19)21(2,3)4)24-11-14-9-16(27-6)17(28-7)10-15(14)26-5;/h9-10,12H,8,11,13H2,1-7H3,(H2,22,24,25);1H. The van der Waals surface area contributed by atoms with Crippen LogP contribution >= 0.6 is 24.0 Å². The second-order valence-corrected chi connectivity index (χ2v) is 7.44. The van der Waals surface area contributed by atoms with Crippen molar-refractivity contribution in [2.75, 3.05) is 27.9 Å². The van der Waals surface area contributed by atoms with Crippen LogP contribution in [0.4, 0.5) is 0 Å². The molecule has 0 fully saturated rings. The highest BCUT2D eigenvalue weighted by Gasteiger charge is 2.19. The van der Waals surface area contributed by atoms with Gasteiger partial charge < -0.3 is 29.3 Å². The zero-order chi connectivity index (χ0) is 21.4. The van der Waals surface area contributed by atoms with E-state index in [4.69, 9.17) is 18.6 Å². The summed E-state index contributed by atoms with van der Waals surface area (Å²) in [6, 6.07) is 3.67. The number of halogens is 1. The molecule has 0 unspecified atom stereocenters. The number of benzene rings is 1. The van der Waals surface area contributed by atoms with Gasteiger partial charge in [0.1, 0.15) is 11.5 Å². The minimum Gasteiger partial charge on any atom is -0.496 e. The Morgan fingerprint density at radius 3 is 2.20 bits per heavy atom. The third kappa shape index (κ3) is 6.96. The molecule has 1 heterocycles. The number of nitrogens with zero attached hydrogens (tertiary/aromatic N) is 2. The van der Waals surface area contributed by atoms with E-state index < -0.39 is 0 Å². The van der Waals surface area contributed by atoms with Crippen molar-refractivity contribution in [3.8, 4) is 17.2 Å². The number of aromatic nitrogens is 1. The first-order valence-corrected chi connectivity index (χ1v) is 9.58. The van der Waals surface area contributed by atoms with Crippen molar-refractivity contribution < 1.29 is 18.6 Å². The monoisotopic (exact) mass is 532 g/mol. The van der Waals surface area contributed by atoms with Crippen molar-refractivity contribution >= 4 is 29.9 Å². The fourth-order valence-corrected chi connectivity index (χ4v) is 2.62. The second-order valence-electron chi connectivity index (χ2n) is 7.44. The van der Waals surface area contributed by atoms with Crippen LogP contribution in [0.25, 0.3) is 0 Å². The van der Waals surface area contributed by atoms with E-state index in [0.717, 1.165) is 17.9 Å². The Labute approximate surface area is 195 Å². The highest BCUT2D eigenvalue weighted by molar-refractivity contribution is 14.0. The van der Waals surface area contributed by atoms with E-state index in [-0.39, 0.29) is 29.4 Å². The number of aliphatic imine (C=N–C) groups is 1. The van der Waals surface area contributed by atoms with Crippen LogP contribution in [-0.4, -0.2) is 38.8 Å². The summed E-state index contributed by atoms with van der Waals surface area (Å²) in [5, 5.41) is 6.47. The number of oxazole rings is 1. The van der Waals surface area contributed by atoms with Crippen LogP contribution in [0, 0.1) is 0 Å². The van der Waals surface area contributed by atoms with Crippen molar-refractivity contribution in [1.29, 1.82) is 0 Å². The maximum absolute atomic E-state index is 5.82. The molecular weight excluding hydrogens is 499 g/mol. The van der Waals surface area contributed by atoms with Crippen LogP contribution in [0.3, 0.4) is 0 Å². The minimum atomic E-state index is -0.0756. The van der Waals surface area contributed by atoms with Gasteiger partial charge in [0.25, 0.3) is 0 Å². The van der Waals surface area contributed by atoms with Crippen LogP contribution in [0.15, 0.2) is 27.7 Å². The molecule has 8 nitrogen and oxygen atoms in total. The van der Waals surface area contributed by atoms with Crippen molar-refractivity contribution in [1.82, 2.24) is 15.6 Å². The van der Waals surface area contributed by atoms with Gasteiger partial charge in [-0.25, -0.2) is 9.98 Å². The van der Waals surface area contributed by atoms with Gasteiger partial charge in [-0.2, -0.15) is 0 Å². The SMILES string of the molecule is CCNC(=NCc1cc(OC)c(OC)cc1OC)NCc1ncc(C(C)(C)C)o1.I. The summed E-state index contributed by atoms with van der Waals surface area (Å²) in [4.78, 5) is 8.98. The lowest BCUT2D eigenvalue weighted by atomic mass is 9.94. The minimum absolute atomic E-state index is 0. The molecule has 9 heteroatoms. The van der Waals surface area contributed by atoms with Gasteiger partial charge in [0.15, 0.2) is 17.5 Å². The largest absolute Gasteiger partial charge is 0.496 e. The number of rotatable bonds is 8. The van der Waals surface area contributed by atoms with Gasteiger partial charge in [0.05, 0.1) is 40.6 Å². The summed E-state index contributed by atoms with van der Waals surface area (Å²) in [5.41, 5.74) is 0.807. The first-order valence-electron chi connectivity index (χ1n) is 9.58. The van der Waals surface area contributed by atoms with Crippen LogP contribution in [0.5, 0.6) is 17.2 Å². The molecule has 0 saturated heterocycles. The maximum Gasteiger partial charge on any atom is 0.213 e. The Bertz CT molecular complexity index is 831. The number of nitrogens with one attached hydrogen (secondary N) is 2. The molecule has 0 atom stereocenters. The molecule has 0 bridgehead atoms. The molecule has 1 aromatic heterocycles. The molecule has 0 spiro atoms. The highest BCUT2D eigenvalue weighted by atomic mass is 127. The highest BCUT2D eigenvalue weighted by Crippen LogP contribution is 2.34. The molecular formula is C21H33IN4O4. The van der Waals surface area contributed by atoms with Gasteiger partial charge in [-0.3, -0.25) is 0 Å². The van der Waals surface area contributed by atoms with Crippen LogP contribution in [-0.2, 0) is 18.5 Å². The van der Waals surface area contributed by atoms with Gasteiger partial charge in [0.2, 0.25) is 5.89 Å². The van der Waals surface area contributed by atoms with Gasteiger partial charge in [-0.05, 0) is 13.0 Å². The van der Waals surface area contributed by atoms with Gasteiger partial charge >= 0.3 is 0 Å². The van der Waals surface area contributed by atoms with E-state index in [9.17, 15) is 0 Å². The van der Waals surface area contributed by atoms with Crippen molar-refractivity contribution in [2.24, 2.45) is 4.99 Å². The molecule has 30 heavy (non-hydrogen) atoms. The average Bonchev–Trinajstić information content (AvgIpc) is 3.19. The maximum atomic E-state index is 5.82.